The van der Waals surface area contributed by atoms with Gasteiger partial charge in [0, 0.05) is 6.07 Å². The van der Waals surface area contributed by atoms with Gasteiger partial charge in [-0.15, -0.1) is 0 Å². The van der Waals surface area contributed by atoms with Crippen molar-refractivity contribution in [2.75, 3.05) is 27.9 Å². The lowest BCUT2D eigenvalue weighted by Crippen LogP contribution is -2.07. The second kappa shape index (κ2) is 7.57. The topological polar surface area (TPSA) is 54.0 Å². The molecule has 0 aliphatic rings. The van der Waals surface area contributed by atoms with E-state index >= 15 is 0 Å². The van der Waals surface area contributed by atoms with Crippen LogP contribution in [0.25, 0.3) is 0 Å². The number of carbonyl (C=O) groups excluding carboxylic acids is 1. The standard InChI is InChI=1S/C16H22O5/c1-10(2)7-8-21-12-9-13(18-4)15(19-5)16(20-6)14(12)11(3)17/h7,9H,8H2,1-6H3. The second-order valence-electron chi connectivity index (χ2n) is 4.67. The van der Waals surface area contributed by atoms with E-state index in [1.54, 1.807) is 6.07 Å². The number of ketones is 1. The lowest BCUT2D eigenvalue weighted by atomic mass is 10.1. The van der Waals surface area contributed by atoms with Crippen LogP contribution >= 0.6 is 0 Å². The van der Waals surface area contributed by atoms with Gasteiger partial charge < -0.3 is 18.9 Å². The van der Waals surface area contributed by atoms with Crippen LogP contribution in [0.5, 0.6) is 23.0 Å². The summed E-state index contributed by atoms with van der Waals surface area (Å²) in [4.78, 5) is 11.9. The minimum absolute atomic E-state index is 0.167. The van der Waals surface area contributed by atoms with Crippen LogP contribution in [-0.4, -0.2) is 33.7 Å². The zero-order chi connectivity index (χ0) is 16.0. The van der Waals surface area contributed by atoms with Crippen molar-refractivity contribution in [2.45, 2.75) is 20.8 Å². The maximum absolute atomic E-state index is 11.9. The predicted octanol–water partition coefficient (Wildman–Crippen LogP) is 3.26. The van der Waals surface area contributed by atoms with Crippen molar-refractivity contribution in [3.63, 3.8) is 0 Å². The number of ether oxygens (including phenoxy) is 4. The van der Waals surface area contributed by atoms with Crippen LogP contribution < -0.4 is 18.9 Å². The Morgan fingerprint density at radius 2 is 1.62 bits per heavy atom. The van der Waals surface area contributed by atoms with E-state index in [9.17, 15) is 4.79 Å². The first kappa shape index (κ1) is 16.9. The van der Waals surface area contributed by atoms with Crippen molar-refractivity contribution >= 4 is 5.78 Å². The molecule has 0 aromatic heterocycles. The average Bonchev–Trinajstić information content (AvgIpc) is 2.44. The average molecular weight is 294 g/mol. The highest BCUT2D eigenvalue weighted by Crippen LogP contribution is 2.45. The number of benzene rings is 1. The molecule has 0 aliphatic carbocycles. The molecule has 0 N–H and O–H groups in total. The molecule has 5 nitrogen and oxygen atoms in total. The van der Waals surface area contributed by atoms with Gasteiger partial charge in [-0.25, -0.2) is 0 Å². The Kier molecular flexibility index (Phi) is 6.09. The first-order valence-corrected chi connectivity index (χ1v) is 6.56. The van der Waals surface area contributed by atoms with Crippen LogP contribution in [-0.2, 0) is 0 Å². The second-order valence-corrected chi connectivity index (χ2v) is 4.67. The highest BCUT2D eigenvalue weighted by molar-refractivity contribution is 6.01. The number of allylic oxidation sites excluding steroid dienone is 1. The Labute approximate surface area is 125 Å². The van der Waals surface area contributed by atoms with Gasteiger partial charge in [-0.2, -0.15) is 0 Å². The van der Waals surface area contributed by atoms with Gasteiger partial charge in [0.2, 0.25) is 5.75 Å². The molecule has 1 rings (SSSR count). The third kappa shape index (κ3) is 3.90. The molecule has 0 saturated heterocycles. The molecule has 0 amide bonds. The summed E-state index contributed by atoms with van der Waals surface area (Å²) in [5, 5.41) is 0. The maximum atomic E-state index is 11.9. The monoisotopic (exact) mass is 294 g/mol. The molecule has 0 atom stereocenters. The van der Waals surface area contributed by atoms with Gasteiger partial charge in [-0.05, 0) is 26.8 Å². The van der Waals surface area contributed by atoms with Gasteiger partial charge >= 0.3 is 0 Å². The minimum atomic E-state index is -0.167. The Hall–Kier alpha value is -2.17. The lowest BCUT2D eigenvalue weighted by Gasteiger charge is -2.18. The highest BCUT2D eigenvalue weighted by Gasteiger charge is 2.24. The van der Waals surface area contributed by atoms with Crippen molar-refractivity contribution in [1.82, 2.24) is 0 Å². The van der Waals surface area contributed by atoms with E-state index in [-0.39, 0.29) is 5.78 Å². The molecular formula is C16H22O5. The number of methoxy groups -OCH3 is 3. The molecule has 5 heteroatoms. The van der Waals surface area contributed by atoms with Gasteiger partial charge in [0.05, 0.1) is 21.3 Å². The Morgan fingerprint density at radius 3 is 2.05 bits per heavy atom. The van der Waals surface area contributed by atoms with Crippen LogP contribution in [0.3, 0.4) is 0 Å². The van der Waals surface area contributed by atoms with Crippen LogP contribution in [0.1, 0.15) is 31.1 Å². The van der Waals surface area contributed by atoms with Gasteiger partial charge in [0.1, 0.15) is 17.9 Å². The molecule has 0 bridgehead atoms. The van der Waals surface area contributed by atoms with Crippen LogP contribution in [0.4, 0.5) is 0 Å². The molecule has 0 fully saturated rings. The molecule has 116 valence electrons. The zero-order valence-corrected chi connectivity index (χ0v) is 13.4. The maximum Gasteiger partial charge on any atom is 0.204 e. The zero-order valence-electron chi connectivity index (χ0n) is 13.4. The fourth-order valence-electron chi connectivity index (χ4n) is 1.88. The van der Waals surface area contributed by atoms with Crippen molar-refractivity contribution in [3.05, 3.63) is 23.3 Å². The normalized spacial score (nSPS) is 9.81. The van der Waals surface area contributed by atoms with Gasteiger partial charge in [-0.3, -0.25) is 4.79 Å². The quantitative estimate of drug-likeness (QED) is 0.570. The van der Waals surface area contributed by atoms with Crippen molar-refractivity contribution in [1.29, 1.82) is 0 Å². The Bertz CT molecular complexity index is 542. The van der Waals surface area contributed by atoms with Crippen LogP contribution in [0.2, 0.25) is 0 Å². The molecule has 0 unspecified atom stereocenters. The summed E-state index contributed by atoms with van der Waals surface area (Å²) in [6.45, 7) is 5.77. The number of hydrogen-bond acceptors (Lipinski definition) is 5. The highest BCUT2D eigenvalue weighted by atomic mass is 16.5. The SMILES string of the molecule is COc1cc(OCC=C(C)C)c(C(C)=O)c(OC)c1OC. The molecule has 0 radical (unpaired) electrons. The summed E-state index contributed by atoms with van der Waals surface area (Å²) in [5.74, 6) is 1.39. The Balaban J connectivity index is 3.39. The van der Waals surface area contributed by atoms with E-state index < -0.39 is 0 Å². The third-order valence-electron chi connectivity index (χ3n) is 2.88. The molecule has 0 spiro atoms. The fourth-order valence-corrected chi connectivity index (χ4v) is 1.88. The lowest BCUT2D eigenvalue weighted by molar-refractivity contribution is 0.101. The van der Waals surface area contributed by atoms with E-state index in [1.165, 1.54) is 28.3 Å². The summed E-state index contributed by atoms with van der Waals surface area (Å²) >= 11 is 0. The van der Waals surface area contributed by atoms with E-state index in [0.717, 1.165) is 5.57 Å². The van der Waals surface area contributed by atoms with Gasteiger partial charge in [-0.1, -0.05) is 5.57 Å². The number of hydrogen-bond donors (Lipinski definition) is 0. The molecule has 0 aliphatic heterocycles. The summed E-state index contributed by atoms with van der Waals surface area (Å²) in [6.07, 6.45) is 1.92. The van der Waals surface area contributed by atoms with E-state index in [1.807, 2.05) is 19.9 Å². The van der Waals surface area contributed by atoms with Gasteiger partial charge in [0.15, 0.2) is 17.3 Å². The fraction of sp³-hybridized carbons (Fsp3) is 0.438. The predicted molar refractivity (Wildman–Crippen MR) is 81.0 cm³/mol. The summed E-state index contributed by atoms with van der Waals surface area (Å²) < 4.78 is 21.5. The van der Waals surface area contributed by atoms with E-state index in [2.05, 4.69) is 0 Å². The summed E-state index contributed by atoms with van der Waals surface area (Å²) in [5.41, 5.74) is 1.48. The number of rotatable bonds is 7. The largest absolute Gasteiger partial charge is 0.493 e. The van der Waals surface area contributed by atoms with Crippen LogP contribution in [0.15, 0.2) is 17.7 Å². The van der Waals surface area contributed by atoms with E-state index in [0.29, 0.717) is 35.2 Å². The van der Waals surface area contributed by atoms with Crippen molar-refractivity contribution < 1.29 is 23.7 Å². The molecule has 1 aromatic carbocycles. The Morgan fingerprint density at radius 1 is 1.00 bits per heavy atom. The summed E-state index contributed by atoms with van der Waals surface area (Å²) in [7, 11) is 4.49. The summed E-state index contributed by atoms with van der Waals surface area (Å²) in [6, 6.07) is 1.64. The molecule has 1 aromatic rings. The van der Waals surface area contributed by atoms with E-state index in [4.69, 9.17) is 18.9 Å². The van der Waals surface area contributed by atoms with Crippen molar-refractivity contribution in [2.24, 2.45) is 0 Å². The smallest absolute Gasteiger partial charge is 0.204 e. The van der Waals surface area contributed by atoms with Crippen LogP contribution in [0, 0.1) is 0 Å². The molecule has 0 saturated carbocycles. The van der Waals surface area contributed by atoms with Gasteiger partial charge in [0.25, 0.3) is 0 Å². The molecule has 21 heavy (non-hydrogen) atoms. The number of Topliss-reactive ketones (excluding diaryl/α,β-unsaturated/α-hetero) is 1. The van der Waals surface area contributed by atoms with Crippen molar-refractivity contribution in [3.8, 4) is 23.0 Å². The first-order chi connectivity index (χ1) is 9.96. The molecular weight excluding hydrogens is 272 g/mol. The molecule has 0 heterocycles. The third-order valence-corrected chi connectivity index (χ3v) is 2.88. The number of carbonyl (C=O) groups is 1. The minimum Gasteiger partial charge on any atom is -0.493 e. The first-order valence-electron chi connectivity index (χ1n) is 6.56.